The van der Waals surface area contributed by atoms with Crippen molar-refractivity contribution in [3.63, 3.8) is 0 Å². The van der Waals surface area contributed by atoms with Crippen LogP contribution in [-0.2, 0) is 4.79 Å². The number of amides is 1. The Labute approximate surface area is 137 Å². The maximum atomic E-state index is 12.2. The molecule has 2 rings (SSSR count). The van der Waals surface area contributed by atoms with Gasteiger partial charge >= 0.3 is 0 Å². The zero-order valence-electron chi connectivity index (χ0n) is 13.2. The highest BCUT2D eigenvalue weighted by atomic mass is 35.5. The van der Waals surface area contributed by atoms with Crippen LogP contribution in [0.1, 0.15) is 6.92 Å². The van der Waals surface area contributed by atoms with Crippen LogP contribution in [0.15, 0.2) is 18.2 Å². The Morgan fingerprint density at radius 3 is 2.82 bits per heavy atom. The molecule has 0 radical (unpaired) electrons. The van der Waals surface area contributed by atoms with Gasteiger partial charge < -0.3 is 20.1 Å². The fourth-order valence-electron chi connectivity index (χ4n) is 2.39. The van der Waals surface area contributed by atoms with Crippen LogP contribution < -0.4 is 20.1 Å². The number of ether oxygens (including phenoxy) is 2. The van der Waals surface area contributed by atoms with Crippen molar-refractivity contribution in [3.8, 4) is 11.5 Å². The number of halogens is 1. The number of benzene rings is 1. The van der Waals surface area contributed by atoms with Crippen LogP contribution in [0.5, 0.6) is 11.5 Å². The Morgan fingerprint density at radius 1 is 1.41 bits per heavy atom. The molecule has 0 saturated carbocycles. The van der Waals surface area contributed by atoms with Crippen molar-refractivity contribution in [2.45, 2.75) is 13.0 Å². The van der Waals surface area contributed by atoms with Gasteiger partial charge in [0.2, 0.25) is 5.91 Å². The monoisotopic (exact) mass is 329 g/mol. The second-order valence-corrected chi connectivity index (χ2v) is 5.14. The summed E-state index contributed by atoms with van der Waals surface area (Å²) >= 11 is 0. The van der Waals surface area contributed by atoms with Crippen molar-refractivity contribution >= 4 is 24.0 Å². The molecule has 22 heavy (non-hydrogen) atoms. The van der Waals surface area contributed by atoms with Crippen molar-refractivity contribution in [1.82, 2.24) is 10.2 Å². The summed E-state index contributed by atoms with van der Waals surface area (Å²) in [4.78, 5) is 14.4. The number of hydrogen-bond acceptors (Lipinski definition) is 5. The number of carbonyl (C=O) groups is 1. The zero-order chi connectivity index (χ0) is 15.2. The summed E-state index contributed by atoms with van der Waals surface area (Å²) in [7, 11) is 3.17. The summed E-state index contributed by atoms with van der Waals surface area (Å²) in [5.74, 6) is 1.25. The van der Waals surface area contributed by atoms with Crippen molar-refractivity contribution in [3.05, 3.63) is 18.2 Å². The molecule has 124 valence electrons. The molecule has 1 atom stereocenters. The van der Waals surface area contributed by atoms with Crippen LogP contribution in [0, 0.1) is 0 Å². The number of piperazine rings is 1. The van der Waals surface area contributed by atoms with Gasteiger partial charge in [0.05, 0.1) is 26.5 Å². The van der Waals surface area contributed by atoms with Gasteiger partial charge in [0.1, 0.15) is 11.5 Å². The lowest BCUT2D eigenvalue weighted by Crippen LogP contribution is -2.51. The minimum absolute atomic E-state index is 0. The molecule has 1 aliphatic heterocycles. The molecule has 0 spiro atoms. The normalized spacial score (nSPS) is 18.2. The molecule has 0 bridgehead atoms. The van der Waals surface area contributed by atoms with E-state index in [4.69, 9.17) is 9.47 Å². The van der Waals surface area contributed by atoms with Gasteiger partial charge in [0, 0.05) is 31.7 Å². The molecule has 1 saturated heterocycles. The SMILES string of the molecule is COc1ccc(NC(=O)CN2CCNC[C@H]2C)c(OC)c1.Cl. The highest BCUT2D eigenvalue weighted by Crippen LogP contribution is 2.28. The highest BCUT2D eigenvalue weighted by Gasteiger charge is 2.20. The van der Waals surface area contributed by atoms with Gasteiger partial charge in [-0.25, -0.2) is 0 Å². The molecule has 1 heterocycles. The maximum Gasteiger partial charge on any atom is 0.238 e. The van der Waals surface area contributed by atoms with E-state index in [1.807, 2.05) is 0 Å². The minimum Gasteiger partial charge on any atom is -0.497 e. The second kappa shape index (κ2) is 8.82. The third kappa shape index (κ3) is 4.76. The molecule has 0 aliphatic carbocycles. The van der Waals surface area contributed by atoms with Gasteiger partial charge in [-0.1, -0.05) is 0 Å². The van der Waals surface area contributed by atoms with Gasteiger partial charge in [0.25, 0.3) is 0 Å². The average Bonchev–Trinajstić information content (AvgIpc) is 2.50. The van der Waals surface area contributed by atoms with Crippen LogP contribution in [0.3, 0.4) is 0 Å². The third-order valence-corrected chi connectivity index (χ3v) is 3.67. The quantitative estimate of drug-likeness (QED) is 0.854. The number of hydrogen-bond donors (Lipinski definition) is 2. The van der Waals surface area contributed by atoms with Crippen LogP contribution >= 0.6 is 12.4 Å². The molecule has 0 unspecified atom stereocenters. The first-order valence-corrected chi connectivity index (χ1v) is 7.10. The number of rotatable bonds is 5. The number of anilines is 1. The summed E-state index contributed by atoms with van der Waals surface area (Å²) in [6.07, 6.45) is 0. The molecular weight excluding hydrogens is 306 g/mol. The molecule has 0 aromatic heterocycles. The lowest BCUT2D eigenvalue weighted by atomic mass is 10.2. The number of methoxy groups -OCH3 is 2. The van der Waals surface area contributed by atoms with Crippen LogP contribution in [-0.4, -0.2) is 57.2 Å². The van der Waals surface area contributed by atoms with E-state index < -0.39 is 0 Å². The molecule has 1 aromatic rings. The number of nitrogens with zero attached hydrogens (tertiary/aromatic N) is 1. The van der Waals surface area contributed by atoms with Crippen LogP contribution in [0.25, 0.3) is 0 Å². The zero-order valence-corrected chi connectivity index (χ0v) is 14.0. The minimum atomic E-state index is -0.0350. The summed E-state index contributed by atoms with van der Waals surface area (Å²) in [5, 5.41) is 6.21. The van der Waals surface area contributed by atoms with E-state index in [0.717, 1.165) is 19.6 Å². The Balaban J connectivity index is 0.00000242. The Hall–Kier alpha value is -1.50. The molecule has 1 aliphatic rings. The lowest BCUT2D eigenvalue weighted by Gasteiger charge is -2.33. The van der Waals surface area contributed by atoms with Gasteiger partial charge in [-0.3, -0.25) is 9.69 Å². The Bertz CT molecular complexity index is 499. The van der Waals surface area contributed by atoms with Gasteiger partial charge in [-0.2, -0.15) is 0 Å². The van der Waals surface area contributed by atoms with Gasteiger partial charge in [-0.05, 0) is 19.1 Å². The van der Waals surface area contributed by atoms with E-state index in [9.17, 15) is 4.79 Å². The second-order valence-electron chi connectivity index (χ2n) is 5.14. The smallest absolute Gasteiger partial charge is 0.238 e. The van der Waals surface area contributed by atoms with Crippen LogP contribution in [0.2, 0.25) is 0 Å². The molecule has 7 heteroatoms. The van der Waals surface area contributed by atoms with E-state index in [-0.39, 0.29) is 18.3 Å². The van der Waals surface area contributed by atoms with E-state index in [0.29, 0.717) is 29.8 Å². The highest BCUT2D eigenvalue weighted by molar-refractivity contribution is 5.93. The maximum absolute atomic E-state index is 12.2. The van der Waals surface area contributed by atoms with Gasteiger partial charge in [-0.15, -0.1) is 12.4 Å². The largest absolute Gasteiger partial charge is 0.497 e. The molecular formula is C15H24ClN3O3. The fraction of sp³-hybridized carbons (Fsp3) is 0.533. The summed E-state index contributed by atoms with van der Waals surface area (Å²) in [6.45, 7) is 5.22. The Morgan fingerprint density at radius 2 is 2.18 bits per heavy atom. The topological polar surface area (TPSA) is 62.8 Å². The summed E-state index contributed by atoms with van der Waals surface area (Å²) < 4.78 is 10.4. The standard InChI is InChI=1S/C15H23N3O3.ClH/c1-11-9-16-6-7-18(11)10-15(19)17-13-5-4-12(20-2)8-14(13)21-3;/h4-5,8,11,16H,6-7,9-10H2,1-3H3,(H,17,19);1H/t11-;/m1./s1. The van der Waals surface area contributed by atoms with Gasteiger partial charge in [0.15, 0.2) is 0 Å². The van der Waals surface area contributed by atoms with Crippen molar-refractivity contribution in [1.29, 1.82) is 0 Å². The Kier molecular flexibility index (Phi) is 7.44. The van der Waals surface area contributed by atoms with Crippen molar-refractivity contribution < 1.29 is 14.3 Å². The molecule has 2 N–H and O–H groups in total. The van der Waals surface area contributed by atoms with Crippen molar-refractivity contribution in [2.24, 2.45) is 0 Å². The summed E-state index contributed by atoms with van der Waals surface area (Å²) in [5.41, 5.74) is 0.658. The molecule has 1 fully saturated rings. The fourth-order valence-corrected chi connectivity index (χ4v) is 2.39. The third-order valence-electron chi connectivity index (χ3n) is 3.67. The summed E-state index contributed by atoms with van der Waals surface area (Å²) in [6, 6.07) is 5.70. The predicted octanol–water partition coefficient (Wildman–Crippen LogP) is 1.36. The predicted molar refractivity (Wildman–Crippen MR) is 89.3 cm³/mol. The van der Waals surface area contributed by atoms with E-state index in [1.54, 1.807) is 32.4 Å². The van der Waals surface area contributed by atoms with E-state index in [1.165, 1.54) is 0 Å². The lowest BCUT2D eigenvalue weighted by molar-refractivity contribution is -0.118. The molecule has 1 amide bonds. The van der Waals surface area contributed by atoms with Crippen molar-refractivity contribution in [2.75, 3.05) is 45.7 Å². The van der Waals surface area contributed by atoms with E-state index in [2.05, 4.69) is 22.5 Å². The number of nitrogens with one attached hydrogen (secondary N) is 2. The number of carbonyl (C=O) groups excluding carboxylic acids is 1. The molecule has 1 aromatic carbocycles. The van der Waals surface area contributed by atoms with Crippen LogP contribution in [0.4, 0.5) is 5.69 Å². The first-order chi connectivity index (χ1) is 10.1. The average molecular weight is 330 g/mol. The first-order valence-electron chi connectivity index (χ1n) is 7.10. The first kappa shape index (κ1) is 18.5. The molecule has 6 nitrogen and oxygen atoms in total. The van der Waals surface area contributed by atoms with E-state index >= 15 is 0 Å².